The summed E-state index contributed by atoms with van der Waals surface area (Å²) < 4.78 is 41.1. The highest BCUT2D eigenvalue weighted by molar-refractivity contribution is 7.98. The Labute approximate surface area is 223 Å². The number of carbonyl (C=O) groups excluding carboxylic acids is 1. The molecule has 1 unspecified atom stereocenters. The number of imidazole rings is 1. The van der Waals surface area contributed by atoms with Crippen LogP contribution in [0.5, 0.6) is 5.75 Å². The molecule has 0 N–H and O–H groups in total. The fourth-order valence-corrected chi connectivity index (χ4v) is 7.14. The predicted octanol–water partition coefficient (Wildman–Crippen LogP) is 5.10. The summed E-state index contributed by atoms with van der Waals surface area (Å²) in [4.78, 5) is 16.3. The number of benzene rings is 2. The van der Waals surface area contributed by atoms with Gasteiger partial charge in [0.25, 0.3) is 0 Å². The van der Waals surface area contributed by atoms with Crippen molar-refractivity contribution < 1.29 is 22.7 Å². The van der Waals surface area contributed by atoms with E-state index in [9.17, 15) is 13.2 Å². The number of carbonyl (C=O) groups is 1. The zero-order chi connectivity index (χ0) is 26.4. The molecule has 0 aliphatic carbocycles. The minimum absolute atomic E-state index is 0.297. The Hall–Kier alpha value is -2.40. The topological polar surface area (TPSA) is 90.7 Å². The van der Waals surface area contributed by atoms with Gasteiger partial charge in [0.1, 0.15) is 5.75 Å². The maximum atomic E-state index is 13.4. The summed E-state index contributed by atoms with van der Waals surface area (Å²) in [7, 11) is -3.56. The first kappa shape index (κ1) is 27.6. The summed E-state index contributed by atoms with van der Waals surface area (Å²) in [6, 6.07) is 12.7. The van der Waals surface area contributed by atoms with Crippen LogP contribution in [0.25, 0.3) is 11.0 Å². The molecule has 1 saturated heterocycles. The molecule has 1 aliphatic rings. The van der Waals surface area contributed by atoms with Gasteiger partial charge in [-0.2, -0.15) is 4.31 Å². The standard InChI is InChI=1S/C27H35N3O5S2/c1-4-34-16-6-15-30-26-13-12-24(37(32,33)29-14-5-7-20(2)18-29)17-25(26)28-27(30)36-19-22-8-10-23(11-9-22)35-21(3)31/h8-13,17,20H,4-7,14-16,18-19H2,1-3H3. The monoisotopic (exact) mass is 545 g/mol. The largest absolute Gasteiger partial charge is 0.427 e. The summed E-state index contributed by atoms with van der Waals surface area (Å²) in [5.41, 5.74) is 2.65. The van der Waals surface area contributed by atoms with E-state index in [4.69, 9.17) is 14.5 Å². The predicted molar refractivity (Wildman–Crippen MR) is 145 cm³/mol. The van der Waals surface area contributed by atoms with Gasteiger partial charge in [-0.05, 0) is 68.0 Å². The minimum Gasteiger partial charge on any atom is -0.427 e. The molecule has 0 radical (unpaired) electrons. The number of rotatable bonds is 11. The lowest BCUT2D eigenvalue weighted by Crippen LogP contribution is -2.39. The van der Waals surface area contributed by atoms with Crippen LogP contribution in [0.2, 0.25) is 0 Å². The van der Waals surface area contributed by atoms with Gasteiger partial charge in [0.15, 0.2) is 5.16 Å². The summed E-state index contributed by atoms with van der Waals surface area (Å²) in [6.07, 6.45) is 2.78. The molecule has 4 rings (SSSR count). The van der Waals surface area contributed by atoms with Gasteiger partial charge < -0.3 is 14.0 Å². The van der Waals surface area contributed by atoms with Gasteiger partial charge in [-0.25, -0.2) is 13.4 Å². The van der Waals surface area contributed by atoms with E-state index in [1.165, 1.54) is 6.92 Å². The summed E-state index contributed by atoms with van der Waals surface area (Å²) >= 11 is 1.59. The minimum atomic E-state index is -3.56. The van der Waals surface area contributed by atoms with Crippen LogP contribution in [0, 0.1) is 5.92 Å². The van der Waals surface area contributed by atoms with Crippen molar-refractivity contribution in [2.24, 2.45) is 5.92 Å². The molecule has 10 heteroatoms. The third-order valence-corrected chi connectivity index (χ3v) is 9.28. The normalized spacial score (nSPS) is 16.8. The van der Waals surface area contributed by atoms with E-state index in [1.807, 2.05) is 25.1 Å². The van der Waals surface area contributed by atoms with E-state index >= 15 is 0 Å². The third-order valence-electron chi connectivity index (χ3n) is 6.37. The Morgan fingerprint density at radius 2 is 1.97 bits per heavy atom. The number of thioether (sulfide) groups is 1. The van der Waals surface area contributed by atoms with Crippen molar-refractivity contribution in [1.82, 2.24) is 13.9 Å². The van der Waals surface area contributed by atoms with Crippen molar-refractivity contribution in [3.05, 3.63) is 48.0 Å². The highest BCUT2D eigenvalue weighted by atomic mass is 32.2. The average Bonchev–Trinajstić information content (AvgIpc) is 3.22. The number of hydrogen-bond acceptors (Lipinski definition) is 7. The van der Waals surface area contributed by atoms with Gasteiger partial charge in [-0.15, -0.1) is 0 Å². The second kappa shape index (κ2) is 12.4. The van der Waals surface area contributed by atoms with Crippen molar-refractivity contribution >= 4 is 38.8 Å². The summed E-state index contributed by atoms with van der Waals surface area (Å²) in [5.74, 6) is 1.20. The third kappa shape index (κ3) is 6.93. The molecule has 2 aromatic carbocycles. The van der Waals surface area contributed by atoms with E-state index in [2.05, 4.69) is 11.5 Å². The smallest absolute Gasteiger partial charge is 0.308 e. The Kier molecular flexibility index (Phi) is 9.28. The van der Waals surface area contributed by atoms with Crippen molar-refractivity contribution in [2.45, 2.75) is 62.4 Å². The zero-order valence-electron chi connectivity index (χ0n) is 21.7. The van der Waals surface area contributed by atoms with Crippen molar-refractivity contribution in [2.75, 3.05) is 26.3 Å². The quantitative estimate of drug-likeness (QED) is 0.143. The molecular weight excluding hydrogens is 510 g/mol. The number of fused-ring (bicyclic) bond motifs is 1. The number of nitrogens with zero attached hydrogens (tertiary/aromatic N) is 3. The Balaban J connectivity index is 1.58. The van der Waals surface area contributed by atoms with Crippen molar-refractivity contribution in [3.63, 3.8) is 0 Å². The number of sulfonamides is 1. The number of ether oxygens (including phenoxy) is 2. The average molecular weight is 546 g/mol. The van der Waals surface area contributed by atoms with Gasteiger partial charge in [0, 0.05) is 45.5 Å². The van der Waals surface area contributed by atoms with Crippen LogP contribution in [0.3, 0.4) is 0 Å². The number of aromatic nitrogens is 2. The van der Waals surface area contributed by atoms with Crippen LogP contribution in [0.1, 0.15) is 45.6 Å². The van der Waals surface area contributed by atoms with E-state index in [-0.39, 0.29) is 5.97 Å². The fraction of sp³-hybridized carbons (Fsp3) is 0.481. The number of piperidine rings is 1. The molecule has 1 aromatic heterocycles. The van der Waals surface area contributed by atoms with Crippen molar-refractivity contribution in [3.8, 4) is 5.75 Å². The molecule has 8 nitrogen and oxygen atoms in total. The van der Waals surface area contributed by atoms with Gasteiger partial charge in [0.2, 0.25) is 10.0 Å². The molecule has 0 spiro atoms. The Morgan fingerprint density at radius 3 is 2.68 bits per heavy atom. The SMILES string of the molecule is CCOCCCn1c(SCc2ccc(OC(C)=O)cc2)nc2cc(S(=O)(=O)N3CCCC(C)C3)ccc21. The number of esters is 1. The molecule has 0 amide bonds. The van der Waals surface area contributed by atoms with E-state index in [0.29, 0.717) is 54.1 Å². The highest BCUT2D eigenvalue weighted by Crippen LogP contribution is 2.31. The van der Waals surface area contributed by atoms with E-state index < -0.39 is 10.0 Å². The molecular formula is C27H35N3O5S2. The van der Waals surface area contributed by atoms with Crippen molar-refractivity contribution in [1.29, 1.82) is 0 Å². The second-order valence-corrected chi connectivity index (χ2v) is 12.3. The molecule has 0 bridgehead atoms. The molecule has 1 fully saturated rings. The Morgan fingerprint density at radius 1 is 1.19 bits per heavy atom. The Bertz CT molecular complexity index is 1320. The zero-order valence-corrected chi connectivity index (χ0v) is 23.3. The second-order valence-electron chi connectivity index (χ2n) is 9.38. The van der Waals surface area contributed by atoms with Crippen LogP contribution in [0.15, 0.2) is 52.5 Å². The first-order valence-electron chi connectivity index (χ1n) is 12.8. The van der Waals surface area contributed by atoms with Gasteiger partial charge in [0.05, 0.1) is 15.9 Å². The lowest BCUT2D eigenvalue weighted by molar-refractivity contribution is -0.131. The van der Waals surface area contributed by atoms with Gasteiger partial charge in [-0.1, -0.05) is 30.8 Å². The van der Waals surface area contributed by atoms with E-state index in [1.54, 1.807) is 40.3 Å². The fourth-order valence-electron chi connectivity index (χ4n) is 4.52. The maximum Gasteiger partial charge on any atom is 0.308 e. The molecule has 1 aliphatic heterocycles. The van der Waals surface area contributed by atoms with Gasteiger partial charge >= 0.3 is 5.97 Å². The first-order chi connectivity index (χ1) is 17.8. The highest BCUT2D eigenvalue weighted by Gasteiger charge is 2.29. The molecule has 2 heterocycles. The molecule has 1 atom stereocenters. The van der Waals surface area contributed by atoms with E-state index in [0.717, 1.165) is 42.0 Å². The molecule has 37 heavy (non-hydrogen) atoms. The molecule has 200 valence electrons. The molecule has 0 saturated carbocycles. The maximum absolute atomic E-state index is 13.4. The number of aryl methyl sites for hydroxylation is 1. The van der Waals surface area contributed by atoms with Crippen LogP contribution in [-0.4, -0.2) is 54.5 Å². The van der Waals surface area contributed by atoms with Gasteiger partial charge in [-0.3, -0.25) is 4.79 Å². The first-order valence-corrected chi connectivity index (χ1v) is 15.2. The van der Waals surface area contributed by atoms with Crippen LogP contribution in [-0.2, 0) is 31.9 Å². The van der Waals surface area contributed by atoms with Crippen LogP contribution >= 0.6 is 11.8 Å². The van der Waals surface area contributed by atoms with Crippen LogP contribution in [0.4, 0.5) is 0 Å². The molecule has 3 aromatic rings. The van der Waals surface area contributed by atoms with Crippen LogP contribution < -0.4 is 4.74 Å². The summed E-state index contributed by atoms with van der Waals surface area (Å²) in [5, 5.41) is 0.830. The summed E-state index contributed by atoms with van der Waals surface area (Å²) in [6.45, 7) is 8.62. The lowest BCUT2D eigenvalue weighted by atomic mass is 10.0. The number of hydrogen-bond donors (Lipinski definition) is 0. The lowest BCUT2D eigenvalue weighted by Gasteiger charge is -2.30.